The van der Waals surface area contributed by atoms with Crippen molar-refractivity contribution in [2.45, 2.75) is 31.9 Å². The lowest BCUT2D eigenvalue weighted by Gasteiger charge is -2.37. The van der Waals surface area contributed by atoms with E-state index in [4.69, 9.17) is 15.2 Å². The minimum Gasteiger partial charge on any atom is -0.466 e. The number of hydrogen-bond donors (Lipinski definition) is 1. The van der Waals surface area contributed by atoms with Gasteiger partial charge in [0.05, 0.1) is 48.6 Å². The Balaban J connectivity index is 2.49. The molecule has 36 heavy (non-hydrogen) atoms. The van der Waals surface area contributed by atoms with Crippen LogP contribution in [0.15, 0.2) is 71.2 Å². The molecule has 1 unspecified atom stereocenters. The van der Waals surface area contributed by atoms with Crippen molar-refractivity contribution in [3.8, 4) is 6.07 Å². The fraction of sp³-hybridized carbons (Fsp3) is 0.269. The number of nitrogens with zero attached hydrogens (tertiary/aromatic N) is 2. The SMILES string of the molecule is COC(=O)C1=C(C(=O)OC)N(c2ccc(C(C)C)cc2C(F)(F)F)C(N)=C(C#N)C1c1ccccc1. The zero-order chi connectivity index (χ0) is 26.8. The predicted octanol–water partition coefficient (Wildman–Crippen LogP) is 4.73. The average Bonchev–Trinajstić information content (AvgIpc) is 2.86. The highest BCUT2D eigenvalue weighted by molar-refractivity contribution is 6.06. The summed E-state index contributed by atoms with van der Waals surface area (Å²) < 4.78 is 52.5. The van der Waals surface area contributed by atoms with E-state index >= 15 is 0 Å². The molecule has 0 radical (unpaired) electrons. The van der Waals surface area contributed by atoms with Crippen LogP contribution in [0, 0.1) is 11.3 Å². The maximum atomic E-state index is 14.3. The Labute approximate surface area is 206 Å². The molecule has 188 valence electrons. The molecule has 0 amide bonds. The second kappa shape index (κ2) is 10.2. The fourth-order valence-corrected chi connectivity index (χ4v) is 4.10. The minimum atomic E-state index is -4.85. The second-order valence-electron chi connectivity index (χ2n) is 8.26. The zero-order valence-electron chi connectivity index (χ0n) is 20.0. The molecular formula is C26H24F3N3O4. The Bertz CT molecular complexity index is 1290. The van der Waals surface area contributed by atoms with Gasteiger partial charge in [-0.3, -0.25) is 4.90 Å². The Kier molecular flexibility index (Phi) is 7.43. The Morgan fingerprint density at radius 2 is 1.67 bits per heavy atom. The summed E-state index contributed by atoms with van der Waals surface area (Å²) in [5.41, 5.74) is 4.31. The minimum absolute atomic E-state index is 0.227. The molecule has 7 nitrogen and oxygen atoms in total. The number of anilines is 1. The molecule has 1 aliphatic heterocycles. The van der Waals surface area contributed by atoms with Crippen LogP contribution in [-0.2, 0) is 25.2 Å². The Morgan fingerprint density at radius 3 is 2.17 bits per heavy atom. The van der Waals surface area contributed by atoms with Crippen molar-refractivity contribution in [1.82, 2.24) is 0 Å². The third kappa shape index (κ3) is 4.64. The summed E-state index contributed by atoms with van der Waals surface area (Å²) in [4.78, 5) is 26.9. The van der Waals surface area contributed by atoms with Gasteiger partial charge in [0.2, 0.25) is 0 Å². The molecule has 2 aromatic rings. The molecule has 1 heterocycles. The first-order valence-electron chi connectivity index (χ1n) is 10.8. The van der Waals surface area contributed by atoms with Crippen molar-refractivity contribution in [3.05, 3.63) is 87.9 Å². The number of rotatable bonds is 5. The van der Waals surface area contributed by atoms with Gasteiger partial charge in [-0.05, 0) is 29.2 Å². The van der Waals surface area contributed by atoms with Crippen LogP contribution >= 0.6 is 0 Å². The number of alkyl halides is 3. The van der Waals surface area contributed by atoms with Crippen LogP contribution in [0.2, 0.25) is 0 Å². The smallest absolute Gasteiger partial charge is 0.418 e. The number of allylic oxidation sites excluding steroid dienone is 1. The monoisotopic (exact) mass is 499 g/mol. The molecule has 1 atom stereocenters. The topological polar surface area (TPSA) is 106 Å². The molecule has 0 spiro atoms. The molecule has 0 saturated carbocycles. The van der Waals surface area contributed by atoms with E-state index in [9.17, 15) is 28.0 Å². The van der Waals surface area contributed by atoms with E-state index in [0.717, 1.165) is 31.3 Å². The maximum absolute atomic E-state index is 14.3. The number of nitriles is 1. The Morgan fingerprint density at radius 1 is 1.06 bits per heavy atom. The first kappa shape index (κ1) is 26.3. The lowest BCUT2D eigenvalue weighted by molar-refractivity contribution is -0.139. The molecule has 0 saturated heterocycles. The first-order valence-corrected chi connectivity index (χ1v) is 10.8. The van der Waals surface area contributed by atoms with Gasteiger partial charge >= 0.3 is 18.1 Å². The van der Waals surface area contributed by atoms with E-state index in [1.807, 2.05) is 6.07 Å². The number of benzene rings is 2. The molecule has 1 aliphatic rings. The van der Waals surface area contributed by atoms with E-state index in [0.29, 0.717) is 11.1 Å². The average molecular weight is 499 g/mol. The standard InChI is InChI=1S/C26H24F3N3O4/c1-14(2)16-10-11-19(18(12-16)26(27,28)29)32-22(25(34)36-4)21(24(33)35-3)20(17(13-30)23(32)31)15-8-6-5-7-9-15/h5-12,14,20H,31H2,1-4H3. The quantitative estimate of drug-likeness (QED) is 0.593. The predicted molar refractivity (Wildman–Crippen MR) is 125 cm³/mol. The highest BCUT2D eigenvalue weighted by atomic mass is 19.4. The largest absolute Gasteiger partial charge is 0.466 e. The number of carbonyl (C=O) groups is 2. The summed E-state index contributed by atoms with van der Waals surface area (Å²) in [5.74, 6) is -4.01. The highest BCUT2D eigenvalue weighted by Crippen LogP contribution is 2.46. The molecule has 0 aromatic heterocycles. The van der Waals surface area contributed by atoms with Gasteiger partial charge in [-0.2, -0.15) is 18.4 Å². The number of esters is 2. The van der Waals surface area contributed by atoms with Crippen molar-refractivity contribution in [1.29, 1.82) is 5.26 Å². The van der Waals surface area contributed by atoms with Gasteiger partial charge in [-0.25, -0.2) is 9.59 Å². The van der Waals surface area contributed by atoms with Gasteiger partial charge in [0, 0.05) is 0 Å². The van der Waals surface area contributed by atoms with Crippen LogP contribution in [0.25, 0.3) is 0 Å². The molecule has 3 rings (SSSR count). The summed E-state index contributed by atoms with van der Waals surface area (Å²) in [7, 11) is 2.08. The zero-order valence-corrected chi connectivity index (χ0v) is 20.0. The van der Waals surface area contributed by atoms with Crippen LogP contribution in [0.5, 0.6) is 0 Å². The Hall–Kier alpha value is -4.26. The highest BCUT2D eigenvalue weighted by Gasteiger charge is 2.45. The number of carbonyl (C=O) groups excluding carboxylic acids is 2. The third-order valence-corrected chi connectivity index (χ3v) is 5.84. The van der Waals surface area contributed by atoms with Crippen LogP contribution in [0.4, 0.5) is 18.9 Å². The molecule has 0 aliphatic carbocycles. The second-order valence-corrected chi connectivity index (χ2v) is 8.26. The molecule has 10 heteroatoms. The third-order valence-electron chi connectivity index (χ3n) is 5.84. The molecule has 2 N–H and O–H groups in total. The van der Waals surface area contributed by atoms with E-state index in [1.165, 1.54) is 6.07 Å². The van der Waals surface area contributed by atoms with E-state index in [1.54, 1.807) is 44.2 Å². The normalized spacial score (nSPS) is 16.2. The van der Waals surface area contributed by atoms with Crippen molar-refractivity contribution in [2.24, 2.45) is 5.73 Å². The summed E-state index contributed by atoms with van der Waals surface area (Å²) in [6, 6.07) is 13.7. The van der Waals surface area contributed by atoms with Gasteiger partial charge in [0.25, 0.3) is 0 Å². The van der Waals surface area contributed by atoms with Gasteiger partial charge in [-0.15, -0.1) is 0 Å². The fourth-order valence-electron chi connectivity index (χ4n) is 4.10. The molecule has 2 aromatic carbocycles. The molecular weight excluding hydrogens is 475 g/mol. The number of hydrogen-bond acceptors (Lipinski definition) is 7. The number of halogens is 3. The van der Waals surface area contributed by atoms with Crippen LogP contribution in [-0.4, -0.2) is 26.2 Å². The van der Waals surface area contributed by atoms with Gasteiger partial charge < -0.3 is 15.2 Å². The number of nitrogens with two attached hydrogens (primary N) is 1. The summed E-state index contributed by atoms with van der Waals surface area (Å²) >= 11 is 0. The van der Waals surface area contributed by atoms with Gasteiger partial charge in [-0.1, -0.05) is 50.2 Å². The van der Waals surface area contributed by atoms with Crippen molar-refractivity contribution < 1.29 is 32.2 Å². The molecule has 0 bridgehead atoms. The van der Waals surface area contributed by atoms with E-state index in [2.05, 4.69) is 0 Å². The number of ether oxygens (including phenoxy) is 2. The van der Waals surface area contributed by atoms with Crippen molar-refractivity contribution in [3.63, 3.8) is 0 Å². The van der Waals surface area contributed by atoms with Gasteiger partial charge in [0.15, 0.2) is 0 Å². The lowest BCUT2D eigenvalue weighted by atomic mass is 9.80. The van der Waals surface area contributed by atoms with Crippen LogP contribution in [0.1, 0.15) is 42.4 Å². The van der Waals surface area contributed by atoms with Crippen molar-refractivity contribution >= 4 is 17.6 Å². The molecule has 0 fully saturated rings. The van der Waals surface area contributed by atoms with Crippen LogP contribution < -0.4 is 10.6 Å². The van der Waals surface area contributed by atoms with Gasteiger partial charge in [0.1, 0.15) is 11.5 Å². The summed E-state index contributed by atoms with van der Waals surface area (Å²) in [6.45, 7) is 3.47. The summed E-state index contributed by atoms with van der Waals surface area (Å²) in [5, 5.41) is 10.0. The lowest BCUT2D eigenvalue weighted by Crippen LogP contribution is -2.41. The first-order chi connectivity index (χ1) is 17.0. The maximum Gasteiger partial charge on any atom is 0.418 e. The van der Waals surface area contributed by atoms with E-state index in [-0.39, 0.29) is 17.1 Å². The number of methoxy groups -OCH3 is 2. The van der Waals surface area contributed by atoms with Crippen molar-refractivity contribution in [2.75, 3.05) is 19.1 Å². The van der Waals surface area contributed by atoms with E-state index < -0.39 is 46.8 Å². The summed E-state index contributed by atoms with van der Waals surface area (Å²) in [6.07, 6.45) is -4.85. The van der Waals surface area contributed by atoms with Crippen LogP contribution in [0.3, 0.4) is 0 Å².